The number of aryl methyl sites for hydroxylation is 4. The van der Waals surface area contributed by atoms with Crippen molar-refractivity contribution < 1.29 is 51.0 Å². The van der Waals surface area contributed by atoms with Crippen molar-refractivity contribution in [3.63, 3.8) is 0 Å². The molecule has 5 aromatic carbocycles. The monoisotopic (exact) mass is 694 g/mol. The third kappa shape index (κ3) is 5.75. The number of hydrogen-bond acceptors (Lipinski definition) is 0. The Hall–Kier alpha value is -2.31. The van der Waals surface area contributed by atoms with Crippen molar-refractivity contribution in [2.45, 2.75) is 67.2 Å². The first kappa shape index (κ1) is 36.2. The van der Waals surface area contributed by atoms with Crippen LogP contribution in [-0.4, -0.2) is 0 Å². The SMILES string of the molecule is CCC1[C-]=C2C(C(C)(C)C)=C1C2(c1ccccc1)c1ccccc1.Cc1cc2[cH-]c3cc(C)c(C)cc3c2cc1C.[Cl-].[Cl-].[Zr+4]. The maximum absolute atomic E-state index is 3.86. The van der Waals surface area contributed by atoms with Crippen LogP contribution in [0.3, 0.4) is 0 Å². The smallest absolute Gasteiger partial charge is 1.00 e. The van der Waals surface area contributed by atoms with Crippen molar-refractivity contribution in [3.8, 4) is 0 Å². The molecule has 0 saturated heterocycles. The van der Waals surface area contributed by atoms with Gasteiger partial charge in [-0.05, 0) is 38.8 Å². The number of benzene rings is 4. The van der Waals surface area contributed by atoms with Gasteiger partial charge in [-0.1, -0.05) is 140 Å². The maximum Gasteiger partial charge on any atom is 4.00 e. The van der Waals surface area contributed by atoms with Gasteiger partial charge >= 0.3 is 26.2 Å². The van der Waals surface area contributed by atoms with Crippen LogP contribution in [0.5, 0.6) is 0 Å². The Kier molecular flexibility index (Phi) is 11.2. The summed E-state index contributed by atoms with van der Waals surface area (Å²) in [6.45, 7) is 18.0. The molecule has 2 bridgehead atoms. The molecule has 0 spiro atoms. The molecule has 0 fully saturated rings. The number of allylic oxidation sites excluding steroid dienone is 4. The predicted octanol–water partition coefficient (Wildman–Crippen LogP) is 5.05. The third-order valence-electron chi connectivity index (χ3n) is 9.47. The molecular weight excluding hydrogens is 655 g/mol. The Morgan fingerprint density at radius 3 is 1.45 bits per heavy atom. The van der Waals surface area contributed by atoms with Gasteiger partial charge in [0.2, 0.25) is 0 Å². The molecule has 44 heavy (non-hydrogen) atoms. The quantitative estimate of drug-likeness (QED) is 0.232. The fraction of sp³-hybridized carbons (Fsp3) is 0.293. The van der Waals surface area contributed by atoms with Crippen molar-refractivity contribution in [2.24, 2.45) is 11.3 Å². The van der Waals surface area contributed by atoms with E-state index < -0.39 is 0 Å². The van der Waals surface area contributed by atoms with Crippen LogP contribution in [-0.2, 0) is 31.6 Å². The van der Waals surface area contributed by atoms with E-state index in [-0.39, 0.29) is 61.8 Å². The van der Waals surface area contributed by atoms with Gasteiger partial charge < -0.3 is 24.8 Å². The molecule has 3 aliphatic rings. The Bertz CT molecular complexity index is 1730. The van der Waals surface area contributed by atoms with E-state index in [0.29, 0.717) is 5.92 Å². The normalized spacial score (nSPS) is 16.2. The molecule has 3 aliphatic carbocycles. The second kappa shape index (κ2) is 13.6. The summed E-state index contributed by atoms with van der Waals surface area (Å²) in [5.41, 5.74) is 12.9. The summed E-state index contributed by atoms with van der Waals surface area (Å²) >= 11 is 0. The summed E-state index contributed by atoms with van der Waals surface area (Å²) in [7, 11) is 0. The molecule has 0 heterocycles. The van der Waals surface area contributed by atoms with Crippen molar-refractivity contribution in [1.29, 1.82) is 0 Å². The zero-order chi connectivity index (χ0) is 29.1. The largest absolute Gasteiger partial charge is 4.00 e. The van der Waals surface area contributed by atoms with Crippen LogP contribution in [0.4, 0.5) is 0 Å². The Morgan fingerprint density at radius 1 is 0.682 bits per heavy atom. The fourth-order valence-corrected chi connectivity index (χ4v) is 7.22. The maximum atomic E-state index is 3.86. The second-order valence-electron chi connectivity index (χ2n) is 13.2. The first-order valence-corrected chi connectivity index (χ1v) is 15.2. The second-order valence-corrected chi connectivity index (χ2v) is 13.2. The molecule has 0 saturated carbocycles. The van der Waals surface area contributed by atoms with Gasteiger partial charge in [-0.3, -0.25) is 6.08 Å². The van der Waals surface area contributed by atoms with Crippen LogP contribution in [0.15, 0.2) is 108 Å². The van der Waals surface area contributed by atoms with E-state index in [9.17, 15) is 0 Å². The van der Waals surface area contributed by atoms with Crippen LogP contribution in [0.25, 0.3) is 21.5 Å². The van der Waals surface area contributed by atoms with Crippen molar-refractivity contribution in [2.75, 3.05) is 0 Å². The van der Waals surface area contributed by atoms with Crippen LogP contribution >= 0.6 is 0 Å². The summed E-state index contributed by atoms with van der Waals surface area (Å²) in [6, 6.07) is 33.6. The third-order valence-corrected chi connectivity index (χ3v) is 9.47. The molecule has 5 aromatic rings. The van der Waals surface area contributed by atoms with Gasteiger partial charge in [-0.2, -0.15) is 5.57 Å². The molecule has 0 N–H and O–H groups in total. The van der Waals surface area contributed by atoms with E-state index in [0.717, 1.165) is 6.42 Å². The van der Waals surface area contributed by atoms with Crippen LogP contribution in [0, 0.1) is 45.1 Å². The van der Waals surface area contributed by atoms with Crippen LogP contribution < -0.4 is 24.8 Å². The number of fused-ring (bicyclic) bond motifs is 4. The average Bonchev–Trinajstić information content (AvgIpc) is 3.61. The molecule has 1 unspecified atom stereocenters. The van der Waals surface area contributed by atoms with E-state index in [4.69, 9.17) is 0 Å². The van der Waals surface area contributed by atoms with Gasteiger partial charge in [0, 0.05) is 5.41 Å². The van der Waals surface area contributed by atoms with Gasteiger partial charge in [0.1, 0.15) is 0 Å². The Balaban J connectivity index is 0.000000236. The number of halogens is 2. The molecule has 1 atom stereocenters. The van der Waals surface area contributed by atoms with Crippen molar-refractivity contribution >= 4 is 21.5 Å². The molecule has 0 aliphatic heterocycles. The van der Waals surface area contributed by atoms with E-state index in [1.165, 1.54) is 60.5 Å². The molecule has 0 amide bonds. The molecule has 3 heteroatoms. The van der Waals surface area contributed by atoms with Crippen LogP contribution in [0.1, 0.15) is 67.5 Å². The van der Waals surface area contributed by atoms with Crippen LogP contribution in [0.2, 0.25) is 0 Å². The zero-order valence-electron chi connectivity index (χ0n) is 27.2. The molecular formula is C41H42Cl2Zr. The van der Waals surface area contributed by atoms with Gasteiger partial charge in [0.15, 0.2) is 0 Å². The molecule has 0 aromatic heterocycles. The van der Waals surface area contributed by atoms with Gasteiger partial charge in [0.05, 0.1) is 0 Å². The Morgan fingerprint density at radius 2 is 1.09 bits per heavy atom. The summed E-state index contributed by atoms with van der Waals surface area (Å²) in [6.07, 6.45) is 4.99. The Labute approximate surface area is 296 Å². The first-order chi connectivity index (χ1) is 19.6. The minimum absolute atomic E-state index is 0. The van der Waals surface area contributed by atoms with E-state index in [1.54, 1.807) is 11.1 Å². The standard InChI is InChI=1S/C24H25.C17H17.2ClH.Zr/c1-5-17-16-20-22(23(2,3)4)21(17)24(20,18-12-8-6-9-13-18)19-14-10-7-11-15-19;1-10-5-14-9-15-6-11(2)13(4)8-17(15)16(14)7-12(10)3;;;/h6-15,17H,5H2,1-4H3;5-9H,1-4H3;2*1H;/q2*-1;;;+4/p-2. The minimum Gasteiger partial charge on any atom is -1.00 e. The van der Waals surface area contributed by atoms with Gasteiger partial charge in [-0.25, -0.2) is 5.57 Å². The van der Waals surface area contributed by atoms with Gasteiger partial charge in [0.25, 0.3) is 0 Å². The van der Waals surface area contributed by atoms with E-state index in [1.807, 2.05) is 0 Å². The summed E-state index contributed by atoms with van der Waals surface area (Å²) in [5, 5.41) is 5.53. The first-order valence-electron chi connectivity index (χ1n) is 15.2. The molecule has 0 radical (unpaired) electrons. The summed E-state index contributed by atoms with van der Waals surface area (Å²) < 4.78 is 0. The molecule has 8 rings (SSSR count). The minimum atomic E-state index is -0.0776. The molecule has 0 nitrogen and oxygen atoms in total. The summed E-state index contributed by atoms with van der Waals surface area (Å²) in [5.74, 6) is 0.453. The average molecular weight is 697 g/mol. The van der Waals surface area contributed by atoms with E-state index >= 15 is 0 Å². The predicted molar refractivity (Wildman–Crippen MR) is 177 cm³/mol. The van der Waals surface area contributed by atoms with E-state index in [2.05, 4.69) is 152 Å². The number of rotatable bonds is 3. The molecule has 224 valence electrons. The zero-order valence-corrected chi connectivity index (χ0v) is 31.2. The van der Waals surface area contributed by atoms with Crippen molar-refractivity contribution in [3.05, 3.63) is 147 Å². The fourth-order valence-electron chi connectivity index (χ4n) is 7.22. The topological polar surface area (TPSA) is 0 Å². The number of hydrogen-bond donors (Lipinski definition) is 0. The van der Waals surface area contributed by atoms with Gasteiger partial charge in [-0.15, -0.1) is 45.3 Å². The summed E-state index contributed by atoms with van der Waals surface area (Å²) in [4.78, 5) is 0. The van der Waals surface area contributed by atoms with Crippen molar-refractivity contribution in [1.82, 2.24) is 0 Å².